The molecular weight excluding hydrogens is 361 g/mol. The van der Waals surface area contributed by atoms with E-state index in [1.807, 2.05) is 13.0 Å². The molecule has 3 aromatic rings. The van der Waals surface area contributed by atoms with Gasteiger partial charge in [-0.15, -0.1) is 0 Å². The van der Waals surface area contributed by atoms with Gasteiger partial charge >= 0.3 is 0 Å². The van der Waals surface area contributed by atoms with Crippen LogP contribution in [0.5, 0.6) is 5.75 Å². The molecule has 0 atom stereocenters. The van der Waals surface area contributed by atoms with Gasteiger partial charge in [0.15, 0.2) is 5.76 Å². The lowest BCUT2D eigenvalue weighted by Crippen LogP contribution is -2.24. The van der Waals surface area contributed by atoms with Crippen LogP contribution in [0.3, 0.4) is 0 Å². The summed E-state index contributed by atoms with van der Waals surface area (Å²) in [7, 11) is 0. The molecule has 8 heteroatoms. The van der Waals surface area contributed by atoms with Crippen molar-refractivity contribution in [2.24, 2.45) is 0 Å². The monoisotopic (exact) mass is 377 g/mol. The van der Waals surface area contributed by atoms with E-state index in [4.69, 9.17) is 20.8 Å². The van der Waals surface area contributed by atoms with Gasteiger partial charge in [0.25, 0.3) is 5.91 Å². The van der Waals surface area contributed by atoms with E-state index in [0.717, 1.165) is 12.2 Å². The molecule has 6 nitrogen and oxygen atoms in total. The minimum absolute atomic E-state index is 0.0707. The van der Waals surface area contributed by atoms with Crippen LogP contribution in [0.1, 0.15) is 28.9 Å². The van der Waals surface area contributed by atoms with E-state index in [1.54, 1.807) is 23.0 Å². The second-order valence-corrected chi connectivity index (χ2v) is 5.86. The number of benzene rings is 1. The van der Waals surface area contributed by atoms with Gasteiger partial charge in [-0.3, -0.25) is 9.48 Å². The summed E-state index contributed by atoms with van der Waals surface area (Å²) in [6, 6.07) is 8.91. The fourth-order valence-corrected chi connectivity index (χ4v) is 2.59. The standard InChI is InChI=1S/C18H17ClFN3O3/c1-2-23-13(7-8-22-23)10-21-18(24)17-6-4-14(26-17)11-25-16-5-3-12(20)9-15(16)19/h3-9H,2,10-11H2,1H3,(H,21,24). The molecule has 2 heterocycles. The Kier molecular flexibility index (Phi) is 5.58. The second kappa shape index (κ2) is 8.05. The van der Waals surface area contributed by atoms with Gasteiger partial charge in [-0.2, -0.15) is 5.10 Å². The lowest BCUT2D eigenvalue weighted by atomic mass is 10.3. The molecule has 0 unspecified atom stereocenters. The smallest absolute Gasteiger partial charge is 0.287 e. The summed E-state index contributed by atoms with van der Waals surface area (Å²) in [6.07, 6.45) is 1.69. The predicted octanol–water partition coefficient (Wildman–Crippen LogP) is 3.80. The Morgan fingerprint density at radius 3 is 2.96 bits per heavy atom. The zero-order valence-corrected chi connectivity index (χ0v) is 14.8. The average molecular weight is 378 g/mol. The van der Waals surface area contributed by atoms with Crippen molar-refractivity contribution in [2.45, 2.75) is 26.6 Å². The van der Waals surface area contributed by atoms with Gasteiger partial charge in [0, 0.05) is 12.7 Å². The molecule has 0 saturated heterocycles. The molecule has 3 rings (SSSR count). The van der Waals surface area contributed by atoms with Crippen molar-refractivity contribution in [1.82, 2.24) is 15.1 Å². The molecule has 0 aliphatic carbocycles. The number of hydrogen-bond acceptors (Lipinski definition) is 4. The third kappa shape index (κ3) is 4.23. The summed E-state index contributed by atoms with van der Waals surface area (Å²) in [5.41, 5.74) is 0.905. The van der Waals surface area contributed by atoms with Crippen molar-refractivity contribution in [3.63, 3.8) is 0 Å². The number of aryl methyl sites for hydroxylation is 1. The highest BCUT2D eigenvalue weighted by Gasteiger charge is 2.13. The molecule has 0 bridgehead atoms. The van der Waals surface area contributed by atoms with Crippen LogP contribution in [-0.4, -0.2) is 15.7 Å². The zero-order chi connectivity index (χ0) is 18.5. The lowest BCUT2D eigenvalue weighted by Gasteiger charge is -2.07. The second-order valence-electron chi connectivity index (χ2n) is 5.45. The number of ether oxygens (including phenoxy) is 1. The minimum atomic E-state index is -0.441. The molecule has 0 saturated carbocycles. The van der Waals surface area contributed by atoms with Crippen molar-refractivity contribution in [3.05, 3.63) is 70.6 Å². The zero-order valence-electron chi connectivity index (χ0n) is 14.0. The predicted molar refractivity (Wildman–Crippen MR) is 93.5 cm³/mol. The Morgan fingerprint density at radius 1 is 1.35 bits per heavy atom. The molecule has 0 aliphatic rings. The summed E-state index contributed by atoms with van der Waals surface area (Å²) in [4.78, 5) is 12.2. The maximum Gasteiger partial charge on any atom is 0.287 e. The average Bonchev–Trinajstić information content (AvgIpc) is 3.28. The van der Waals surface area contributed by atoms with Crippen molar-refractivity contribution in [3.8, 4) is 5.75 Å². The number of carbonyl (C=O) groups excluding carboxylic acids is 1. The number of carbonyl (C=O) groups is 1. The maximum atomic E-state index is 13.0. The van der Waals surface area contributed by atoms with Gasteiger partial charge in [0.05, 0.1) is 17.3 Å². The Balaban J connectivity index is 1.56. The highest BCUT2D eigenvalue weighted by atomic mass is 35.5. The van der Waals surface area contributed by atoms with E-state index in [1.165, 1.54) is 18.2 Å². The first-order chi connectivity index (χ1) is 12.6. The first kappa shape index (κ1) is 18.0. The minimum Gasteiger partial charge on any atom is -0.484 e. The molecular formula is C18H17ClFN3O3. The van der Waals surface area contributed by atoms with Crippen molar-refractivity contribution < 1.29 is 18.3 Å². The van der Waals surface area contributed by atoms with Crippen LogP contribution in [0, 0.1) is 5.82 Å². The molecule has 0 fully saturated rings. The van der Waals surface area contributed by atoms with Crippen LogP contribution in [-0.2, 0) is 19.7 Å². The third-order valence-electron chi connectivity index (χ3n) is 3.68. The van der Waals surface area contributed by atoms with Gasteiger partial charge in [-0.1, -0.05) is 11.6 Å². The number of nitrogens with zero attached hydrogens (tertiary/aromatic N) is 2. The summed E-state index contributed by atoms with van der Waals surface area (Å²) >= 11 is 5.90. The van der Waals surface area contributed by atoms with Gasteiger partial charge in [0.1, 0.15) is 23.9 Å². The van der Waals surface area contributed by atoms with Crippen molar-refractivity contribution in [1.29, 1.82) is 0 Å². The van der Waals surface area contributed by atoms with E-state index < -0.39 is 5.82 Å². The van der Waals surface area contributed by atoms with Crippen LogP contribution in [0.2, 0.25) is 5.02 Å². The van der Waals surface area contributed by atoms with E-state index in [0.29, 0.717) is 18.1 Å². The first-order valence-corrected chi connectivity index (χ1v) is 8.40. The third-order valence-corrected chi connectivity index (χ3v) is 3.98. The molecule has 1 N–H and O–H groups in total. The summed E-state index contributed by atoms with van der Waals surface area (Å²) in [5.74, 6) is 0.192. The van der Waals surface area contributed by atoms with E-state index >= 15 is 0 Å². The molecule has 0 aliphatic heterocycles. The Bertz CT molecular complexity index is 907. The van der Waals surface area contributed by atoms with Crippen molar-refractivity contribution in [2.75, 3.05) is 0 Å². The van der Waals surface area contributed by atoms with E-state index in [-0.39, 0.29) is 23.3 Å². The highest BCUT2D eigenvalue weighted by molar-refractivity contribution is 6.32. The molecule has 0 radical (unpaired) electrons. The number of aromatic nitrogens is 2. The number of furan rings is 1. The summed E-state index contributed by atoms with van der Waals surface area (Å²) < 4.78 is 25.8. The Hall–Kier alpha value is -2.80. The number of halogens is 2. The van der Waals surface area contributed by atoms with Gasteiger partial charge < -0.3 is 14.5 Å². The van der Waals surface area contributed by atoms with Crippen LogP contribution in [0.4, 0.5) is 4.39 Å². The molecule has 1 amide bonds. The molecule has 2 aromatic heterocycles. The van der Waals surface area contributed by atoms with Crippen LogP contribution >= 0.6 is 11.6 Å². The fourth-order valence-electron chi connectivity index (χ4n) is 2.37. The van der Waals surface area contributed by atoms with Gasteiger partial charge in [-0.05, 0) is 43.3 Å². The Labute approximate surface area is 154 Å². The van der Waals surface area contributed by atoms with Gasteiger partial charge in [0.2, 0.25) is 0 Å². The van der Waals surface area contributed by atoms with Crippen molar-refractivity contribution >= 4 is 17.5 Å². The first-order valence-electron chi connectivity index (χ1n) is 8.02. The molecule has 0 spiro atoms. The van der Waals surface area contributed by atoms with E-state index in [9.17, 15) is 9.18 Å². The SMILES string of the molecule is CCn1nccc1CNC(=O)c1ccc(COc2ccc(F)cc2Cl)o1. The molecule has 136 valence electrons. The largest absolute Gasteiger partial charge is 0.484 e. The number of rotatable bonds is 7. The highest BCUT2D eigenvalue weighted by Crippen LogP contribution is 2.26. The quantitative estimate of drug-likeness (QED) is 0.680. The van der Waals surface area contributed by atoms with Crippen LogP contribution in [0.15, 0.2) is 47.0 Å². The lowest BCUT2D eigenvalue weighted by molar-refractivity contribution is 0.0918. The molecule has 1 aromatic carbocycles. The number of nitrogens with one attached hydrogen (secondary N) is 1. The fraction of sp³-hybridized carbons (Fsp3) is 0.222. The summed E-state index contributed by atoms with van der Waals surface area (Å²) in [6.45, 7) is 3.13. The van der Waals surface area contributed by atoms with Crippen LogP contribution < -0.4 is 10.1 Å². The topological polar surface area (TPSA) is 69.3 Å². The van der Waals surface area contributed by atoms with Crippen LogP contribution in [0.25, 0.3) is 0 Å². The molecule has 26 heavy (non-hydrogen) atoms. The Morgan fingerprint density at radius 2 is 2.19 bits per heavy atom. The summed E-state index contributed by atoms with van der Waals surface area (Å²) in [5, 5.41) is 7.10. The number of hydrogen-bond donors (Lipinski definition) is 1. The van der Waals surface area contributed by atoms with E-state index in [2.05, 4.69) is 10.4 Å². The van der Waals surface area contributed by atoms with Gasteiger partial charge in [-0.25, -0.2) is 4.39 Å². The normalized spacial score (nSPS) is 10.7. The number of amides is 1. The maximum absolute atomic E-state index is 13.0.